The minimum Gasteiger partial charge on any atom is -0.264 e. The Bertz CT molecular complexity index is 2410. The summed E-state index contributed by atoms with van der Waals surface area (Å²) in [5, 5.41) is 9.45. The average molecular weight is 574 g/mol. The van der Waals surface area contributed by atoms with Crippen LogP contribution in [0.2, 0.25) is 0 Å². The number of fused-ring (bicyclic) bond motifs is 2. The van der Waals surface area contributed by atoms with E-state index in [1.165, 1.54) is 82.1 Å². The van der Waals surface area contributed by atoms with Crippen molar-refractivity contribution in [2.24, 2.45) is 0 Å². The van der Waals surface area contributed by atoms with Gasteiger partial charge in [0.25, 0.3) is 0 Å². The zero-order chi connectivity index (χ0) is 29.7. The van der Waals surface area contributed by atoms with Gasteiger partial charge < -0.3 is 0 Å². The molecule has 6 aromatic carbocycles. The van der Waals surface area contributed by atoms with E-state index >= 15 is 0 Å². The summed E-state index contributed by atoms with van der Waals surface area (Å²) in [6.07, 6.45) is 17.7. The molecule has 1 unspecified atom stereocenters. The first kappa shape index (κ1) is 25.9. The van der Waals surface area contributed by atoms with E-state index in [1.54, 1.807) is 0 Å². The van der Waals surface area contributed by atoms with Crippen LogP contribution in [0, 0.1) is 0 Å². The highest BCUT2D eigenvalue weighted by Crippen LogP contribution is 2.42. The molecule has 2 aliphatic carbocycles. The number of nitrogens with zero attached hydrogens (tertiary/aromatic N) is 1. The first-order chi connectivity index (χ1) is 22.3. The molecule has 1 heterocycles. The van der Waals surface area contributed by atoms with Gasteiger partial charge in [0.2, 0.25) is 0 Å². The number of hydrogen-bond acceptors (Lipinski definition) is 1. The van der Waals surface area contributed by atoms with E-state index in [4.69, 9.17) is 4.98 Å². The predicted octanol–water partition coefficient (Wildman–Crippen LogP) is 10.7. The van der Waals surface area contributed by atoms with Crippen LogP contribution < -0.4 is 5.22 Å². The van der Waals surface area contributed by atoms with Crippen molar-refractivity contribution < 1.29 is 0 Å². The fourth-order valence-corrected chi connectivity index (χ4v) is 7.62. The molecule has 0 bridgehead atoms. The molecule has 1 heteroatoms. The third kappa shape index (κ3) is 4.27. The van der Waals surface area contributed by atoms with Crippen molar-refractivity contribution in [2.45, 2.75) is 18.8 Å². The van der Waals surface area contributed by atoms with Crippen LogP contribution in [0.4, 0.5) is 0 Å². The van der Waals surface area contributed by atoms with Crippen LogP contribution in [0.1, 0.15) is 41.0 Å². The van der Waals surface area contributed by atoms with Crippen molar-refractivity contribution in [1.29, 1.82) is 0 Å². The molecule has 0 saturated heterocycles. The lowest BCUT2D eigenvalue weighted by Crippen LogP contribution is -2.16. The summed E-state index contributed by atoms with van der Waals surface area (Å²) >= 11 is 0. The molecule has 0 radical (unpaired) electrons. The fourth-order valence-electron chi connectivity index (χ4n) is 7.62. The molecular formula is C44H31N. The zero-order valence-electron chi connectivity index (χ0n) is 24.9. The quantitative estimate of drug-likeness (QED) is 0.151. The lowest BCUT2D eigenvalue weighted by atomic mass is 9.79. The number of aromatic nitrogens is 1. The molecule has 7 aromatic rings. The van der Waals surface area contributed by atoms with Crippen LogP contribution in [-0.4, -0.2) is 4.98 Å². The van der Waals surface area contributed by atoms with Crippen LogP contribution in [0.25, 0.3) is 60.7 Å². The fraction of sp³-hybridized carbons (Fsp3) is 0.0682. The molecular weight excluding hydrogens is 542 g/mol. The maximum Gasteiger partial charge on any atom is 0.0346 e. The summed E-state index contributed by atoms with van der Waals surface area (Å²) in [7, 11) is 0. The third-order valence-corrected chi connectivity index (χ3v) is 9.69. The molecule has 1 aromatic heterocycles. The van der Waals surface area contributed by atoms with Crippen molar-refractivity contribution in [3.63, 3.8) is 0 Å². The molecule has 0 amide bonds. The van der Waals surface area contributed by atoms with Gasteiger partial charge in [0.15, 0.2) is 0 Å². The van der Waals surface area contributed by atoms with Crippen molar-refractivity contribution >= 4 is 49.5 Å². The number of pyridine rings is 1. The molecule has 0 saturated carbocycles. The van der Waals surface area contributed by atoms with Crippen molar-refractivity contribution in [2.75, 3.05) is 0 Å². The lowest BCUT2D eigenvalue weighted by molar-refractivity contribution is 0.847. The largest absolute Gasteiger partial charge is 0.264 e. The predicted molar refractivity (Wildman–Crippen MR) is 191 cm³/mol. The molecule has 45 heavy (non-hydrogen) atoms. The summed E-state index contributed by atoms with van der Waals surface area (Å²) in [6.45, 7) is 0. The Morgan fingerprint density at radius 3 is 2.18 bits per heavy atom. The molecule has 1 nitrogen and oxygen atoms in total. The molecule has 212 valence electrons. The Hall–Kier alpha value is -5.53. The Balaban J connectivity index is 1.23. The van der Waals surface area contributed by atoms with Crippen molar-refractivity contribution in [3.05, 3.63) is 179 Å². The van der Waals surface area contributed by atoms with Gasteiger partial charge >= 0.3 is 0 Å². The molecule has 9 rings (SSSR count). The minimum absolute atomic E-state index is 0.269. The monoisotopic (exact) mass is 573 g/mol. The molecule has 1 atom stereocenters. The Morgan fingerprint density at radius 2 is 1.31 bits per heavy atom. The highest BCUT2D eigenvalue weighted by molar-refractivity contribution is 6.24. The van der Waals surface area contributed by atoms with E-state index in [0.717, 1.165) is 12.8 Å². The number of hydrogen-bond donors (Lipinski definition) is 0. The van der Waals surface area contributed by atoms with E-state index in [-0.39, 0.29) is 5.92 Å². The Kier molecular flexibility index (Phi) is 6.09. The number of allylic oxidation sites excluding steroid dienone is 6. The summed E-state index contributed by atoms with van der Waals surface area (Å²) in [4.78, 5) is 4.70. The number of benzene rings is 6. The molecule has 0 fully saturated rings. The standard InChI is InChI=1S/C44H31N/c1-3-11-29(12-4-1)31-15-7-8-16-32(25-31)35-21-23-41-40-20-10-18-38-36(34-26-33(27-45-28-34)30-13-5-2-6-14-30)22-24-42(44(38)40)39-19-9-17-37(35)43(39)41/h1-7,9-21,23-28,36H,8,22H2. The van der Waals surface area contributed by atoms with E-state index in [2.05, 4.69) is 152 Å². The maximum absolute atomic E-state index is 4.70. The molecule has 2 aliphatic rings. The smallest absolute Gasteiger partial charge is 0.0346 e. The van der Waals surface area contributed by atoms with Crippen LogP contribution in [-0.2, 0) is 0 Å². The van der Waals surface area contributed by atoms with Crippen LogP contribution in [0.5, 0.6) is 0 Å². The summed E-state index contributed by atoms with van der Waals surface area (Å²) < 4.78 is 0. The van der Waals surface area contributed by atoms with Gasteiger partial charge in [-0.15, -0.1) is 0 Å². The SMILES string of the molecule is C1=CC(c2ccccc2)=CC(c2ccc3c4cccc5c4c(c4cccc2c43)=CCC5c2cncc(-c3ccccc3)c2)=CC1. The van der Waals surface area contributed by atoms with Crippen molar-refractivity contribution in [1.82, 2.24) is 4.98 Å². The van der Waals surface area contributed by atoms with Gasteiger partial charge in [0.05, 0.1) is 0 Å². The highest BCUT2D eigenvalue weighted by Gasteiger charge is 2.24. The van der Waals surface area contributed by atoms with Gasteiger partial charge in [-0.1, -0.05) is 133 Å². The molecule has 0 N–H and O–H groups in total. The second kappa shape index (κ2) is 10.6. The van der Waals surface area contributed by atoms with Crippen molar-refractivity contribution in [3.8, 4) is 11.1 Å². The second-order valence-corrected chi connectivity index (χ2v) is 12.2. The second-order valence-electron chi connectivity index (χ2n) is 12.2. The summed E-state index contributed by atoms with van der Waals surface area (Å²) in [5.74, 6) is 0.269. The third-order valence-electron chi connectivity index (χ3n) is 9.69. The first-order valence-corrected chi connectivity index (χ1v) is 15.9. The normalized spacial score (nSPS) is 16.0. The van der Waals surface area contributed by atoms with E-state index < -0.39 is 0 Å². The molecule has 0 spiro atoms. The van der Waals surface area contributed by atoms with Gasteiger partial charge in [-0.25, -0.2) is 0 Å². The summed E-state index contributed by atoms with van der Waals surface area (Å²) in [6, 6.07) is 42.1. The zero-order valence-corrected chi connectivity index (χ0v) is 24.9. The van der Waals surface area contributed by atoms with Gasteiger partial charge in [0, 0.05) is 23.9 Å². The number of rotatable bonds is 4. The van der Waals surface area contributed by atoms with E-state index in [0.29, 0.717) is 0 Å². The topological polar surface area (TPSA) is 12.9 Å². The van der Waals surface area contributed by atoms with E-state index in [9.17, 15) is 0 Å². The highest BCUT2D eigenvalue weighted by atomic mass is 14.6. The molecule has 0 aliphatic heterocycles. The minimum atomic E-state index is 0.269. The van der Waals surface area contributed by atoms with Gasteiger partial charge in [-0.05, 0) is 101 Å². The summed E-state index contributed by atoms with van der Waals surface area (Å²) in [5.41, 5.74) is 10.1. The van der Waals surface area contributed by atoms with Crippen LogP contribution >= 0.6 is 0 Å². The van der Waals surface area contributed by atoms with Gasteiger partial charge in [-0.3, -0.25) is 4.98 Å². The van der Waals surface area contributed by atoms with Gasteiger partial charge in [0.1, 0.15) is 0 Å². The Labute approximate surface area is 263 Å². The van der Waals surface area contributed by atoms with E-state index in [1.807, 2.05) is 6.20 Å². The maximum atomic E-state index is 4.70. The lowest BCUT2D eigenvalue weighted by Gasteiger charge is -2.25. The average Bonchev–Trinajstić information content (AvgIpc) is 3.37. The van der Waals surface area contributed by atoms with Crippen LogP contribution in [0.3, 0.4) is 0 Å². The van der Waals surface area contributed by atoms with Gasteiger partial charge in [-0.2, -0.15) is 0 Å². The van der Waals surface area contributed by atoms with Crippen LogP contribution in [0.15, 0.2) is 152 Å². The Morgan fingerprint density at radius 1 is 0.556 bits per heavy atom. The first-order valence-electron chi connectivity index (χ1n) is 15.9.